The molecule has 0 bridgehead atoms. The van der Waals surface area contributed by atoms with E-state index in [0.29, 0.717) is 12.5 Å². The maximum absolute atomic E-state index is 12.1. The van der Waals surface area contributed by atoms with Crippen molar-refractivity contribution in [2.75, 3.05) is 39.9 Å². The van der Waals surface area contributed by atoms with Crippen LogP contribution in [0.15, 0.2) is 30.3 Å². The van der Waals surface area contributed by atoms with Crippen molar-refractivity contribution in [2.24, 2.45) is 5.92 Å². The van der Waals surface area contributed by atoms with Gasteiger partial charge < -0.3 is 15.0 Å². The van der Waals surface area contributed by atoms with Gasteiger partial charge in [0.2, 0.25) is 5.91 Å². The lowest BCUT2D eigenvalue weighted by molar-refractivity contribution is -0.137. The van der Waals surface area contributed by atoms with Crippen molar-refractivity contribution in [1.29, 1.82) is 0 Å². The average Bonchev–Trinajstić information content (AvgIpc) is 2.53. The van der Waals surface area contributed by atoms with Crippen LogP contribution in [0.5, 0.6) is 0 Å². The summed E-state index contributed by atoms with van der Waals surface area (Å²) in [7, 11) is 1.97. The van der Waals surface area contributed by atoms with Crippen LogP contribution in [-0.4, -0.2) is 50.7 Å². The van der Waals surface area contributed by atoms with Gasteiger partial charge in [0.05, 0.1) is 6.61 Å². The molecule has 0 saturated carbocycles. The Hall–Kier alpha value is -1.10. The number of carbonyl (C=O) groups is 1. The van der Waals surface area contributed by atoms with E-state index >= 15 is 0 Å². The molecule has 1 saturated heterocycles. The Labute approximate surface area is 139 Å². The molecule has 1 heterocycles. The van der Waals surface area contributed by atoms with Crippen molar-refractivity contribution >= 4 is 18.3 Å². The van der Waals surface area contributed by atoms with E-state index in [4.69, 9.17) is 4.74 Å². The zero-order valence-corrected chi connectivity index (χ0v) is 14.1. The third-order valence-corrected chi connectivity index (χ3v) is 3.97. The fourth-order valence-corrected chi connectivity index (χ4v) is 2.83. The zero-order chi connectivity index (χ0) is 14.9. The summed E-state index contributed by atoms with van der Waals surface area (Å²) in [5.74, 6) is 0.709. The topological polar surface area (TPSA) is 41.6 Å². The van der Waals surface area contributed by atoms with Crippen LogP contribution >= 0.6 is 12.4 Å². The van der Waals surface area contributed by atoms with E-state index in [2.05, 4.69) is 17.4 Å². The Morgan fingerprint density at radius 2 is 2.14 bits per heavy atom. The summed E-state index contributed by atoms with van der Waals surface area (Å²) >= 11 is 0. The van der Waals surface area contributed by atoms with Crippen LogP contribution < -0.4 is 5.32 Å². The van der Waals surface area contributed by atoms with Crippen molar-refractivity contribution in [1.82, 2.24) is 10.2 Å². The summed E-state index contributed by atoms with van der Waals surface area (Å²) in [5.41, 5.74) is 1.25. The first-order chi connectivity index (χ1) is 10.3. The number of ether oxygens (including phenoxy) is 1. The lowest BCUT2D eigenvalue weighted by Crippen LogP contribution is -2.44. The number of amides is 1. The maximum atomic E-state index is 12.1. The number of rotatable bonds is 7. The van der Waals surface area contributed by atoms with Gasteiger partial charge in [-0.3, -0.25) is 4.79 Å². The monoisotopic (exact) mass is 326 g/mol. The zero-order valence-electron chi connectivity index (χ0n) is 13.3. The summed E-state index contributed by atoms with van der Waals surface area (Å²) < 4.78 is 5.54. The first-order valence-corrected chi connectivity index (χ1v) is 7.83. The molecule has 22 heavy (non-hydrogen) atoms. The molecule has 1 fully saturated rings. The lowest BCUT2D eigenvalue weighted by Gasteiger charge is -2.32. The molecule has 4 nitrogen and oxygen atoms in total. The molecule has 1 aliphatic rings. The minimum Gasteiger partial charge on any atom is -0.371 e. The van der Waals surface area contributed by atoms with Gasteiger partial charge >= 0.3 is 0 Å². The first kappa shape index (κ1) is 18.9. The second-order valence-corrected chi connectivity index (χ2v) is 5.69. The number of benzene rings is 1. The fourth-order valence-electron chi connectivity index (χ4n) is 2.83. The largest absolute Gasteiger partial charge is 0.371 e. The van der Waals surface area contributed by atoms with Gasteiger partial charge in [-0.1, -0.05) is 30.3 Å². The van der Waals surface area contributed by atoms with Crippen LogP contribution in [0.1, 0.15) is 18.4 Å². The second kappa shape index (κ2) is 10.6. The van der Waals surface area contributed by atoms with Crippen molar-refractivity contribution in [2.45, 2.75) is 19.3 Å². The first-order valence-electron chi connectivity index (χ1n) is 7.83. The van der Waals surface area contributed by atoms with E-state index in [9.17, 15) is 4.79 Å². The molecule has 2 rings (SSSR count). The van der Waals surface area contributed by atoms with E-state index in [0.717, 1.165) is 32.5 Å². The van der Waals surface area contributed by atoms with E-state index < -0.39 is 0 Å². The maximum Gasteiger partial charge on any atom is 0.248 e. The van der Waals surface area contributed by atoms with Crippen LogP contribution in [0.25, 0.3) is 0 Å². The summed E-state index contributed by atoms with van der Waals surface area (Å²) in [6, 6.07) is 10.2. The minimum atomic E-state index is 0. The van der Waals surface area contributed by atoms with E-state index in [1.54, 1.807) is 0 Å². The SMILES string of the molecule is CNCC1CCCN(C(=O)COCCc2ccccc2)C1.Cl. The number of nitrogens with zero attached hydrogens (tertiary/aromatic N) is 1. The van der Waals surface area contributed by atoms with Gasteiger partial charge in [-0.25, -0.2) is 0 Å². The Morgan fingerprint density at radius 1 is 1.36 bits per heavy atom. The van der Waals surface area contributed by atoms with Gasteiger partial charge in [-0.05, 0) is 44.3 Å². The molecule has 1 aromatic carbocycles. The van der Waals surface area contributed by atoms with Crippen molar-refractivity contribution < 1.29 is 9.53 Å². The number of halogens is 1. The van der Waals surface area contributed by atoms with Crippen molar-refractivity contribution in [3.63, 3.8) is 0 Å². The summed E-state index contributed by atoms with van der Waals surface area (Å²) in [4.78, 5) is 14.1. The summed E-state index contributed by atoms with van der Waals surface area (Å²) in [6.07, 6.45) is 3.16. The van der Waals surface area contributed by atoms with Gasteiger partial charge in [-0.2, -0.15) is 0 Å². The second-order valence-electron chi connectivity index (χ2n) is 5.69. The highest BCUT2D eigenvalue weighted by Crippen LogP contribution is 2.15. The van der Waals surface area contributed by atoms with Crippen LogP contribution in [-0.2, 0) is 16.0 Å². The summed E-state index contributed by atoms with van der Waals surface area (Å²) in [5, 5.41) is 3.20. The molecule has 0 aliphatic carbocycles. The molecular formula is C17H27ClN2O2. The standard InChI is InChI=1S/C17H26N2O2.ClH/c1-18-12-16-8-5-10-19(13-16)17(20)14-21-11-9-15-6-3-2-4-7-15;/h2-4,6-7,16,18H,5,8-14H2,1H3;1H. The van der Waals surface area contributed by atoms with E-state index in [-0.39, 0.29) is 24.9 Å². The molecule has 1 atom stereocenters. The molecule has 0 radical (unpaired) electrons. The number of likely N-dealkylation sites (tertiary alicyclic amines) is 1. The Kier molecular flexibility index (Phi) is 9.13. The Balaban J connectivity index is 0.00000242. The number of piperidine rings is 1. The molecule has 5 heteroatoms. The number of nitrogens with one attached hydrogen (secondary N) is 1. The van der Waals surface area contributed by atoms with Gasteiger partial charge in [0, 0.05) is 13.1 Å². The van der Waals surface area contributed by atoms with E-state index in [1.165, 1.54) is 12.0 Å². The van der Waals surface area contributed by atoms with Crippen LogP contribution in [0.4, 0.5) is 0 Å². The fraction of sp³-hybridized carbons (Fsp3) is 0.588. The van der Waals surface area contributed by atoms with E-state index in [1.807, 2.05) is 30.1 Å². The number of hydrogen-bond donors (Lipinski definition) is 1. The quantitative estimate of drug-likeness (QED) is 0.780. The minimum absolute atomic E-state index is 0. The molecule has 0 spiro atoms. The van der Waals surface area contributed by atoms with Crippen molar-refractivity contribution in [3.8, 4) is 0 Å². The van der Waals surface area contributed by atoms with Gasteiger partial charge in [0.1, 0.15) is 6.61 Å². The highest BCUT2D eigenvalue weighted by Gasteiger charge is 2.22. The molecule has 1 N–H and O–H groups in total. The highest BCUT2D eigenvalue weighted by molar-refractivity contribution is 5.85. The third-order valence-electron chi connectivity index (χ3n) is 3.97. The van der Waals surface area contributed by atoms with Crippen LogP contribution in [0, 0.1) is 5.92 Å². The Bertz CT molecular complexity index is 426. The smallest absolute Gasteiger partial charge is 0.248 e. The van der Waals surface area contributed by atoms with Gasteiger partial charge in [-0.15, -0.1) is 12.4 Å². The number of carbonyl (C=O) groups excluding carboxylic acids is 1. The molecular weight excluding hydrogens is 300 g/mol. The normalized spacial score (nSPS) is 17.9. The predicted octanol–water partition coefficient (Wildman–Crippen LogP) is 2.13. The van der Waals surface area contributed by atoms with Crippen molar-refractivity contribution in [3.05, 3.63) is 35.9 Å². The number of hydrogen-bond acceptors (Lipinski definition) is 3. The molecule has 1 aliphatic heterocycles. The predicted molar refractivity (Wildman–Crippen MR) is 91.4 cm³/mol. The Morgan fingerprint density at radius 3 is 2.86 bits per heavy atom. The van der Waals surface area contributed by atoms with Crippen LogP contribution in [0.2, 0.25) is 0 Å². The molecule has 1 amide bonds. The highest BCUT2D eigenvalue weighted by atomic mass is 35.5. The molecule has 1 aromatic rings. The molecule has 1 unspecified atom stereocenters. The molecule has 0 aromatic heterocycles. The van der Waals surface area contributed by atoms with Gasteiger partial charge in [0.15, 0.2) is 0 Å². The van der Waals surface area contributed by atoms with Crippen LogP contribution in [0.3, 0.4) is 0 Å². The third kappa shape index (κ3) is 6.34. The van der Waals surface area contributed by atoms with Gasteiger partial charge in [0.25, 0.3) is 0 Å². The molecule has 124 valence electrons. The average molecular weight is 327 g/mol. The summed E-state index contributed by atoms with van der Waals surface area (Å²) in [6.45, 7) is 3.53. The lowest BCUT2D eigenvalue weighted by atomic mass is 9.98.